The molecule has 4 rings (SSSR count). The van der Waals surface area contributed by atoms with Crippen LogP contribution in [0.25, 0.3) is 0 Å². The van der Waals surface area contributed by atoms with Crippen LogP contribution in [0.15, 0.2) is 48.5 Å². The van der Waals surface area contributed by atoms with E-state index in [9.17, 15) is 4.79 Å². The summed E-state index contributed by atoms with van der Waals surface area (Å²) in [6.07, 6.45) is 7.02. The van der Waals surface area contributed by atoms with Crippen molar-refractivity contribution in [3.05, 3.63) is 70.5 Å². The smallest absolute Gasteiger partial charge is 0.274 e. The summed E-state index contributed by atoms with van der Waals surface area (Å²) in [4.78, 5) is 21.3. The summed E-state index contributed by atoms with van der Waals surface area (Å²) in [5, 5.41) is 3.19. The molecule has 9 nitrogen and oxygen atoms in total. The maximum absolute atomic E-state index is 13.2. The minimum atomic E-state index is -0.364. The van der Waals surface area contributed by atoms with Gasteiger partial charge >= 0.3 is 0 Å². The van der Waals surface area contributed by atoms with Crippen LogP contribution in [0.3, 0.4) is 0 Å². The maximum Gasteiger partial charge on any atom is 0.274 e. The highest BCUT2D eigenvalue weighted by molar-refractivity contribution is 6.31. The highest BCUT2D eigenvalue weighted by Gasteiger charge is 2.42. The van der Waals surface area contributed by atoms with Crippen molar-refractivity contribution < 1.29 is 31.2 Å². The topological polar surface area (TPSA) is 125 Å². The molecule has 1 aliphatic carbocycles. The Morgan fingerprint density at radius 2 is 1.43 bits per heavy atom. The number of rotatable bonds is 13. The second kappa shape index (κ2) is 15.3. The number of methoxy groups -OCH3 is 2. The molecule has 0 spiro atoms. The Morgan fingerprint density at radius 3 is 1.93 bits per heavy atom. The molecular weight excluding hydrogens is 575 g/mol. The lowest BCUT2D eigenvalue weighted by atomic mass is 10.0. The number of hydrogen-bond donors (Lipinski definition) is 3. The molecule has 0 radical (unpaired) electrons. The zero-order valence-corrected chi connectivity index (χ0v) is 26.1. The van der Waals surface area contributed by atoms with Crippen LogP contribution in [-0.2, 0) is 12.8 Å². The summed E-state index contributed by atoms with van der Waals surface area (Å²) in [6, 6.07) is 16.8. The number of nitrogens with one attached hydrogen (secondary N) is 1. The number of benzene rings is 2. The third kappa shape index (κ3) is 8.40. The zero-order valence-electron chi connectivity index (χ0n) is 24.6. The van der Waals surface area contributed by atoms with Crippen molar-refractivity contribution in [3.63, 3.8) is 0 Å². The lowest BCUT2D eigenvalue weighted by molar-refractivity contribution is -0.934. The summed E-state index contributed by atoms with van der Waals surface area (Å²) >= 11 is 6.05. The van der Waals surface area contributed by atoms with E-state index in [1.165, 1.54) is 11.1 Å². The maximum atomic E-state index is 13.2. The van der Waals surface area contributed by atoms with Gasteiger partial charge in [0.05, 0.1) is 40.4 Å². The Bertz CT molecular complexity index is 1250. The quantitative estimate of drug-likeness (QED) is 0.249. The molecule has 0 aliphatic heterocycles. The first-order chi connectivity index (χ1) is 19.7. The monoisotopic (exact) mass is 616 g/mol. The van der Waals surface area contributed by atoms with E-state index in [-0.39, 0.29) is 52.9 Å². The SMILES string of the molecule is COc1ccc(CCC[N+](C)(CCCc2ccc(OC)cc2)C2CCCC2NC(=O)c2nc(Cl)c(N)nc2N)cc1.[Cl-]. The van der Waals surface area contributed by atoms with Gasteiger partial charge in [0, 0.05) is 19.3 Å². The predicted molar refractivity (Wildman–Crippen MR) is 163 cm³/mol. The third-order valence-electron chi connectivity index (χ3n) is 8.30. The van der Waals surface area contributed by atoms with Crippen LogP contribution in [0.4, 0.5) is 11.6 Å². The van der Waals surface area contributed by atoms with Crippen molar-refractivity contribution in [2.75, 3.05) is 45.8 Å². The Morgan fingerprint density at radius 1 is 0.905 bits per heavy atom. The average molecular weight is 618 g/mol. The van der Waals surface area contributed by atoms with Gasteiger partial charge in [0.15, 0.2) is 22.5 Å². The van der Waals surface area contributed by atoms with E-state index >= 15 is 0 Å². The predicted octanol–water partition coefficient (Wildman–Crippen LogP) is 1.68. The number of ether oxygens (including phenoxy) is 2. The summed E-state index contributed by atoms with van der Waals surface area (Å²) in [5.41, 5.74) is 14.3. The van der Waals surface area contributed by atoms with E-state index in [0.29, 0.717) is 0 Å². The van der Waals surface area contributed by atoms with Crippen molar-refractivity contribution in [1.29, 1.82) is 0 Å². The molecule has 2 aromatic carbocycles. The Labute approximate surface area is 259 Å². The number of quaternary nitrogens is 1. The first kappa shape index (κ1) is 33.2. The number of amides is 1. The van der Waals surface area contributed by atoms with Gasteiger partial charge in [-0.2, -0.15) is 0 Å². The number of carbonyl (C=O) groups excluding carboxylic acids is 1. The van der Waals surface area contributed by atoms with E-state index in [4.69, 9.17) is 32.5 Å². The molecule has 2 unspecified atom stereocenters. The molecule has 1 heterocycles. The van der Waals surface area contributed by atoms with Crippen molar-refractivity contribution >= 4 is 29.1 Å². The van der Waals surface area contributed by atoms with Gasteiger partial charge in [-0.3, -0.25) is 4.79 Å². The molecule has 1 saturated carbocycles. The largest absolute Gasteiger partial charge is 1.00 e. The Hall–Kier alpha value is -3.27. The van der Waals surface area contributed by atoms with Crippen molar-refractivity contribution in [2.24, 2.45) is 0 Å². The third-order valence-corrected chi connectivity index (χ3v) is 8.58. The van der Waals surface area contributed by atoms with Crippen LogP contribution in [0.5, 0.6) is 11.5 Å². The lowest BCUT2D eigenvalue weighted by Gasteiger charge is -2.43. The zero-order chi connectivity index (χ0) is 29.4. The summed E-state index contributed by atoms with van der Waals surface area (Å²) in [7, 11) is 5.71. The Balaban J connectivity index is 0.00000484. The van der Waals surface area contributed by atoms with Crippen molar-refractivity contribution in [2.45, 2.75) is 57.0 Å². The number of halogens is 2. The van der Waals surface area contributed by atoms with E-state index in [0.717, 1.165) is 74.0 Å². The summed E-state index contributed by atoms with van der Waals surface area (Å²) < 4.78 is 11.5. The average Bonchev–Trinajstić information content (AvgIpc) is 3.44. The van der Waals surface area contributed by atoms with Crippen LogP contribution < -0.4 is 38.7 Å². The van der Waals surface area contributed by atoms with Crippen LogP contribution in [0.2, 0.25) is 5.15 Å². The summed E-state index contributed by atoms with van der Waals surface area (Å²) in [6.45, 7) is 2.00. The highest BCUT2D eigenvalue weighted by Crippen LogP contribution is 2.31. The minimum absolute atomic E-state index is 0. The van der Waals surface area contributed by atoms with Crippen LogP contribution >= 0.6 is 11.6 Å². The van der Waals surface area contributed by atoms with E-state index in [1.54, 1.807) is 14.2 Å². The molecule has 42 heavy (non-hydrogen) atoms. The molecule has 11 heteroatoms. The first-order valence-electron chi connectivity index (χ1n) is 14.2. The fraction of sp³-hybridized carbons (Fsp3) is 0.452. The van der Waals surface area contributed by atoms with Gasteiger partial charge in [0.1, 0.15) is 17.5 Å². The second-order valence-electron chi connectivity index (χ2n) is 11.0. The molecule has 1 aliphatic rings. The van der Waals surface area contributed by atoms with Gasteiger partial charge < -0.3 is 43.1 Å². The fourth-order valence-electron chi connectivity index (χ4n) is 6.02. The van der Waals surface area contributed by atoms with Gasteiger partial charge in [-0.15, -0.1) is 0 Å². The summed E-state index contributed by atoms with van der Waals surface area (Å²) in [5.74, 6) is 1.36. The van der Waals surface area contributed by atoms with Gasteiger partial charge in [0.2, 0.25) is 0 Å². The van der Waals surface area contributed by atoms with Gasteiger partial charge in [-0.1, -0.05) is 35.9 Å². The fourth-order valence-corrected chi connectivity index (χ4v) is 6.14. The molecule has 2 atom stereocenters. The molecule has 3 aromatic rings. The van der Waals surface area contributed by atoms with Crippen LogP contribution in [0.1, 0.15) is 53.7 Å². The number of nitrogens with two attached hydrogens (primary N) is 2. The van der Waals surface area contributed by atoms with E-state index in [2.05, 4.69) is 46.6 Å². The van der Waals surface area contributed by atoms with Gasteiger partial charge in [0.25, 0.3) is 5.91 Å². The van der Waals surface area contributed by atoms with Gasteiger partial charge in [-0.05, 0) is 61.1 Å². The molecule has 0 saturated heterocycles. The van der Waals surface area contributed by atoms with Gasteiger partial charge in [-0.25, -0.2) is 9.97 Å². The molecule has 0 bridgehead atoms. The number of anilines is 2. The van der Waals surface area contributed by atoms with Crippen molar-refractivity contribution in [3.8, 4) is 11.5 Å². The van der Waals surface area contributed by atoms with Crippen LogP contribution in [-0.4, -0.2) is 66.8 Å². The standard InChI is InChI=1S/C31H41ClN6O3.ClH/c1-38(19-5-7-21-11-15-23(40-2)16-12-21,20-6-8-22-13-17-24(41-3)18-14-22)26-10-4-9-25(26)35-31(39)27-29(33)37-30(34)28(32)36-27;/h11-18,25-26H,4-10,19-20H2,1-3H3,(H4-,33,34,35,37,39);1H. The number of likely N-dealkylation sites (N-methyl/N-ethyl adjacent to an activating group) is 1. The number of aryl methyl sites for hydroxylation is 2. The number of aromatic nitrogens is 2. The minimum Gasteiger partial charge on any atom is -1.00 e. The first-order valence-corrected chi connectivity index (χ1v) is 14.6. The number of nitrogens with zero attached hydrogens (tertiary/aromatic N) is 3. The molecule has 5 N–H and O–H groups in total. The highest BCUT2D eigenvalue weighted by atomic mass is 35.5. The normalized spacial score (nSPS) is 16.5. The number of hydrogen-bond acceptors (Lipinski definition) is 7. The number of carbonyl (C=O) groups is 1. The molecule has 1 fully saturated rings. The van der Waals surface area contributed by atoms with E-state index < -0.39 is 0 Å². The Kier molecular flexibility index (Phi) is 12.1. The number of nitrogen functional groups attached to an aromatic ring is 2. The molecule has 1 amide bonds. The lowest BCUT2D eigenvalue weighted by Crippen LogP contribution is -3.00. The molecule has 1 aromatic heterocycles. The van der Waals surface area contributed by atoms with Crippen LogP contribution in [0, 0.1) is 0 Å². The molecular formula is C31H42Cl2N6O3. The van der Waals surface area contributed by atoms with Crippen molar-refractivity contribution in [1.82, 2.24) is 15.3 Å². The second-order valence-corrected chi connectivity index (χ2v) is 11.4. The molecule has 228 valence electrons. The van der Waals surface area contributed by atoms with E-state index in [1.807, 2.05) is 24.3 Å².